The molecule has 18 heavy (non-hydrogen) atoms. The summed E-state index contributed by atoms with van der Waals surface area (Å²) in [4.78, 5) is 11.7. The van der Waals surface area contributed by atoms with E-state index in [1.807, 2.05) is 0 Å². The number of benzene rings is 1. The van der Waals surface area contributed by atoms with E-state index < -0.39 is 5.97 Å². The Hall–Kier alpha value is -1.07. The van der Waals surface area contributed by atoms with Gasteiger partial charge in [-0.05, 0) is 24.6 Å². The molecule has 0 aromatic heterocycles. The van der Waals surface area contributed by atoms with Gasteiger partial charge >= 0.3 is 5.97 Å². The topological polar surface area (TPSA) is 61.5 Å². The average molecular weight is 316 g/mol. The van der Waals surface area contributed by atoms with Gasteiger partial charge in [0, 0.05) is 16.8 Å². The summed E-state index contributed by atoms with van der Waals surface area (Å²) in [5.74, 6) is -0.423. The first kappa shape index (κ1) is 15.0. The lowest BCUT2D eigenvalue weighted by Gasteiger charge is -2.08. The number of carbonyl (C=O) groups is 1. The van der Waals surface area contributed by atoms with E-state index in [4.69, 9.17) is 15.2 Å². The molecule has 0 amide bonds. The fourth-order valence-electron chi connectivity index (χ4n) is 1.32. The number of carbonyl (C=O) groups excluding carboxylic acids is 1. The molecule has 0 atom stereocenters. The molecule has 4 nitrogen and oxygen atoms in total. The summed E-state index contributed by atoms with van der Waals surface area (Å²) in [6, 6.07) is 5.09. The minimum Gasteiger partial charge on any atom is -0.460 e. The van der Waals surface area contributed by atoms with Crippen LogP contribution < -0.4 is 5.73 Å². The number of esters is 1. The Morgan fingerprint density at radius 2 is 2.11 bits per heavy atom. The van der Waals surface area contributed by atoms with E-state index in [1.165, 1.54) is 0 Å². The molecule has 0 fully saturated rings. The van der Waals surface area contributed by atoms with E-state index in [-0.39, 0.29) is 6.61 Å². The van der Waals surface area contributed by atoms with Crippen LogP contribution in [0.15, 0.2) is 22.7 Å². The minimum atomic E-state index is -0.423. The van der Waals surface area contributed by atoms with Gasteiger partial charge in [-0.2, -0.15) is 0 Å². The summed E-state index contributed by atoms with van der Waals surface area (Å²) in [5.41, 5.74) is 6.49. The Bertz CT molecular complexity index is 396. The Morgan fingerprint density at radius 3 is 2.83 bits per heavy atom. The van der Waals surface area contributed by atoms with Crippen LogP contribution in [0.1, 0.15) is 30.1 Å². The number of nitrogen functional groups attached to an aromatic ring is 1. The monoisotopic (exact) mass is 315 g/mol. The smallest absolute Gasteiger partial charge is 0.340 e. The van der Waals surface area contributed by atoms with Crippen molar-refractivity contribution >= 4 is 27.6 Å². The summed E-state index contributed by atoms with van der Waals surface area (Å²) in [7, 11) is 0. The fraction of sp³-hybridized carbons (Fsp3) is 0.462. The predicted molar refractivity (Wildman–Crippen MR) is 74.6 cm³/mol. The van der Waals surface area contributed by atoms with Gasteiger partial charge in [-0.25, -0.2) is 4.79 Å². The number of hydrogen-bond acceptors (Lipinski definition) is 4. The highest BCUT2D eigenvalue weighted by molar-refractivity contribution is 9.10. The highest BCUT2D eigenvalue weighted by atomic mass is 79.9. The SMILES string of the molecule is CCCCOCCOC(=O)c1cc(Br)ccc1N. The average Bonchev–Trinajstić information content (AvgIpc) is 2.36. The third kappa shape index (κ3) is 5.06. The van der Waals surface area contributed by atoms with Crippen LogP contribution in [0.3, 0.4) is 0 Å². The first-order chi connectivity index (χ1) is 8.65. The zero-order valence-corrected chi connectivity index (χ0v) is 12.0. The van der Waals surface area contributed by atoms with Crippen LogP contribution in [0.5, 0.6) is 0 Å². The quantitative estimate of drug-likeness (QED) is 0.477. The van der Waals surface area contributed by atoms with Gasteiger partial charge in [0.05, 0.1) is 12.2 Å². The van der Waals surface area contributed by atoms with E-state index in [2.05, 4.69) is 22.9 Å². The van der Waals surface area contributed by atoms with Crippen LogP contribution in [0.25, 0.3) is 0 Å². The molecule has 0 heterocycles. The van der Waals surface area contributed by atoms with Crippen molar-refractivity contribution < 1.29 is 14.3 Å². The second kappa shape index (κ2) is 8.11. The van der Waals surface area contributed by atoms with E-state index >= 15 is 0 Å². The molecule has 100 valence electrons. The lowest BCUT2D eigenvalue weighted by Crippen LogP contribution is -2.12. The highest BCUT2D eigenvalue weighted by Gasteiger charge is 2.11. The van der Waals surface area contributed by atoms with Crippen LogP contribution in [-0.2, 0) is 9.47 Å². The van der Waals surface area contributed by atoms with Gasteiger partial charge in [0.2, 0.25) is 0 Å². The Morgan fingerprint density at radius 1 is 1.33 bits per heavy atom. The minimum absolute atomic E-state index is 0.245. The van der Waals surface area contributed by atoms with Gasteiger partial charge in [-0.15, -0.1) is 0 Å². The maximum atomic E-state index is 11.7. The Labute approximate surface area is 116 Å². The third-order valence-corrected chi connectivity index (χ3v) is 2.83. The predicted octanol–water partition coefficient (Wildman–Crippen LogP) is 3.00. The molecule has 0 saturated carbocycles. The summed E-state index contributed by atoms with van der Waals surface area (Å²) in [6.07, 6.45) is 2.11. The number of anilines is 1. The molecule has 1 rings (SSSR count). The van der Waals surface area contributed by atoms with E-state index in [0.29, 0.717) is 24.5 Å². The van der Waals surface area contributed by atoms with Crippen LogP contribution >= 0.6 is 15.9 Å². The standard InChI is InChI=1S/C13H18BrNO3/c1-2-3-6-17-7-8-18-13(16)11-9-10(14)4-5-12(11)15/h4-5,9H,2-3,6-8,15H2,1H3. The van der Waals surface area contributed by atoms with Crippen molar-refractivity contribution in [1.82, 2.24) is 0 Å². The largest absolute Gasteiger partial charge is 0.460 e. The molecule has 0 aliphatic heterocycles. The summed E-state index contributed by atoms with van der Waals surface area (Å²) < 4.78 is 11.2. The molecule has 2 N–H and O–H groups in total. The van der Waals surface area contributed by atoms with Gasteiger partial charge in [0.1, 0.15) is 6.61 Å². The van der Waals surface area contributed by atoms with Crippen LogP contribution in [0.2, 0.25) is 0 Å². The Kier molecular flexibility index (Phi) is 6.75. The number of hydrogen-bond donors (Lipinski definition) is 1. The maximum absolute atomic E-state index is 11.7. The van der Waals surface area contributed by atoms with Crippen molar-refractivity contribution in [3.05, 3.63) is 28.2 Å². The second-order valence-corrected chi connectivity index (χ2v) is 4.75. The molecule has 0 radical (unpaired) electrons. The van der Waals surface area contributed by atoms with Gasteiger partial charge in [0.25, 0.3) is 0 Å². The molecular weight excluding hydrogens is 298 g/mol. The van der Waals surface area contributed by atoms with Crippen molar-refractivity contribution in [2.45, 2.75) is 19.8 Å². The normalized spacial score (nSPS) is 10.3. The van der Waals surface area contributed by atoms with Crippen LogP contribution in [0.4, 0.5) is 5.69 Å². The van der Waals surface area contributed by atoms with Crippen molar-refractivity contribution in [1.29, 1.82) is 0 Å². The van der Waals surface area contributed by atoms with Crippen molar-refractivity contribution in [2.24, 2.45) is 0 Å². The van der Waals surface area contributed by atoms with Crippen molar-refractivity contribution in [3.63, 3.8) is 0 Å². The third-order valence-electron chi connectivity index (χ3n) is 2.34. The summed E-state index contributed by atoms with van der Waals surface area (Å²) in [6.45, 7) is 3.46. The van der Waals surface area contributed by atoms with Gasteiger partial charge in [0.15, 0.2) is 0 Å². The van der Waals surface area contributed by atoms with Crippen LogP contribution in [0, 0.1) is 0 Å². The first-order valence-electron chi connectivity index (χ1n) is 5.95. The molecule has 0 bridgehead atoms. The van der Waals surface area contributed by atoms with Gasteiger partial charge in [-0.3, -0.25) is 0 Å². The molecule has 0 saturated heterocycles. The number of unbranched alkanes of at least 4 members (excludes halogenated alkanes) is 1. The molecular formula is C13H18BrNO3. The molecule has 0 aliphatic rings. The number of ether oxygens (including phenoxy) is 2. The molecule has 1 aromatic carbocycles. The van der Waals surface area contributed by atoms with E-state index in [0.717, 1.165) is 17.3 Å². The second-order valence-electron chi connectivity index (χ2n) is 3.83. The van der Waals surface area contributed by atoms with Crippen molar-refractivity contribution in [3.8, 4) is 0 Å². The van der Waals surface area contributed by atoms with Crippen LogP contribution in [-0.4, -0.2) is 25.8 Å². The zero-order chi connectivity index (χ0) is 13.4. The number of rotatable bonds is 7. The highest BCUT2D eigenvalue weighted by Crippen LogP contribution is 2.19. The molecule has 0 spiro atoms. The lowest BCUT2D eigenvalue weighted by atomic mass is 10.2. The molecule has 5 heteroatoms. The van der Waals surface area contributed by atoms with Gasteiger partial charge < -0.3 is 15.2 Å². The maximum Gasteiger partial charge on any atom is 0.340 e. The Balaban J connectivity index is 2.34. The fourth-order valence-corrected chi connectivity index (χ4v) is 1.69. The molecule has 0 aliphatic carbocycles. The molecule has 0 unspecified atom stereocenters. The first-order valence-corrected chi connectivity index (χ1v) is 6.74. The summed E-state index contributed by atoms with van der Waals surface area (Å²) >= 11 is 3.29. The summed E-state index contributed by atoms with van der Waals surface area (Å²) in [5, 5.41) is 0. The molecule has 1 aromatic rings. The van der Waals surface area contributed by atoms with E-state index in [1.54, 1.807) is 18.2 Å². The van der Waals surface area contributed by atoms with Crippen molar-refractivity contribution in [2.75, 3.05) is 25.6 Å². The van der Waals surface area contributed by atoms with Gasteiger partial charge in [-0.1, -0.05) is 29.3 Å². The number of nitrogens with two attached hydrogens (primary N) is 1. The van der Waals surface area contributed by atoms with E-state index in [9.17, 15) is 4.79 Å². The number of halogens is 1. The zero-order valence-electron chi connectivity index (χ0n) is 10.4. The lowest BCUT2D eigenvalue weighted by molar-refractivity contribution is 0.0315.